The first-order valence-corrected chi connectivity index (χ1v) is 4.97. The Hall–Kier alpha value is -1.34. The summed E-state index contributed by atoms with van der Waals surface area (Å²) < 4.78 is 5.07. The van der Waals surface area contributed by atoms with E-state index in [0.717, 1.165) is 0 Å². The Balaban J connectivity index is 2.48. The molecule has 0 saturated carbocycles. The van der Waals surface area contributed by atoms with Gasteiger partial charge in [-0.3, -0.25) is 9.69 Å². The number of rotatable bonds is 1. The maximum atomic E-state index is 12.1. The van der Waals surface area contributed by atoms with Gasteiger partial charge >= 0.3 is 0 Å². The quantitative estimate of drug-likeness (QED) is 0.633. The van der Waals surface area contributed by atoms with Gasteiger partial charge < -0.3 is 4.74 Å². The summed E-state index contributed by atoms with van der Waals surface area (Å²) in [4.78, 5) is 14.0. The molecule has 4 heteroatoms. The summed E-state index contributed by atoms with van der Waals surface area (Å²) in [6, 6.07) is 2.27. The monoisotopic (exact) mass is 206 g/mol. The normalized spacial score (nSPS) is 39.9. The van der Waals surface area contributed by atoms with Crippen LogP contribution in [0.25, 0.3) is 0 Å². The summed E-state index contributed by atoms with van der Waals surface area (Å²) >= 11 is 0. The summed E-state index contributed by atoms with van der Waals surface area (Å²) in [6.07, 6.45) is 2.36. The van der Waals surface area contributed by atoms with Crippen LogP contribution in [0.1, 0.15) is 13.3 Å². The minimum Gasteiger partial charge on any atom is -0.493 e. The number of fused-ring (bicyclic) bond motifs is 2. The standard InChI is InChI=1S/C11H14N2O2/c1-11-5-7(6-12)8(13(11)2)4-9(15-3)10(11)14/h4,7-8H,5H2,1-3H3. The number of methoxy groups -OCH3 is 1. The number of carbonyl (C=O) groups is 1. The Morgan fingerprint density at radius 2 is 2.40 bits per heavy atom. The molecule has 80 valence electrons. The average Bonchev–Trinajstić information content (AvgIpc) is 2.41. The molecule has 2 heterocycles. The molecule has 0 N–H and O–H groups in total. The largest absolute Gasteiger partial charge is 0.493 e. The lowest BCUT2D eigenvalue weighted by atomic mass is 9.90. The highest BCUT2D eigenvalue weighted by atomic mass is 16.5. The van der Waals surface area contributed by atoms with Crippen molar-refractivity contribution in [3.8, 4) is 6.07 Å². The van der Waals surface area contributed by atoms with Gasteiger partial charge in [0.05, 0.1) is 24.6 Å². The molecule has 2 bridgehead atoms. The van der Waals surface area contributed by atoms with Gasteiger partial charge in [0.25, 0.3) is 0 Å². The van der Waals surface area contributed by atoms with Crippen LogP contribution in [0.4, 0.5) is 0 Å². The number of ketones is 1. The van der Waals surface area contributed by atoms with Gasteiger partial charge in [-0.15, -0.1) is 0 Å². The molecule has 1 fully saturated rings. The fraction of sp³-hybridized carbons (Fsp3) is 0.636. The lowest BCUT2D eigenvalue weighted by Gasteiger charge is -2.36. The molecule has 0 radical (unpaired) electrons. The first-order chi connectivity index (χ1) is 7.04. The number of nitrogens with zero attached hydrogens (tertiary/aromatic N) is 2. The maximum Gasteiger partial charge on any atom is 0.216 e. The zero-order valence-corrected chi connectivity index (χ0v) is 9.15. The Morgan fingerprint density at radius 1 is 1.73 bits per heavy atom. The van der Waals surface area contributed by atoms with E-state index in [2.05, 4.69) is 6.07 Å². The molecular formula is C11H14N2O2. The fourth-order valence-corrected chi connectivity index (χ4v) is 2.55. The number of Topliss-reactive ketones (excluding diaryl/α,β-unsaturated/α-hetero) is 1. The highest BCUT2D eigenvalue weighted by Gasteiger charge is 2.55. The molecule has 15 heavy (non-hydrogen) atoms. The Labute approximate surface area is 89.1 Å². The van der Waals surface area contributed by atoms with Gasteiger partial charge in [-0.1, -0.05) is 0 Å². The SMILES string of the molecule is COC1=CC2C(C#N)CC(C)(C1=O)N2C. The molecule has 3 unspecified atom stereocenters. The fourth-order valence-electron chi connectivity index (χ4n) is 2.55. The predicted octanol–water partition coefficient (Wildman–Crippen LogP) is 0.702. The van der Waals surface area contributed by atoms with E-state index in [9.17, 15) is 4.79 Å². The molecule has 2 aliphatic rings. The van der Waals surface area contributed by atoms with Crippen LogP contribution >= 0.6 is 0 Å². The number of ether oxygens (including phenoxy) is 1. The van der Waals surface area contributed by atoms with Crippen LogP contribution in [0.2, 0.25) is 0 Å². The summed E-state index contributed by atoms with van der Waals surface area (Å²) in [5.41, 5.74) is -0.564. The molecular weight excluding hydrogens is 192 g/mol. The van der Waals surface area contributed by atoms with E-state index < -0.39 is 5.54 Å². The number of hydrogen-bond donors (Lipinski definition) is 0. The first-order valence-electron chi connectivity index (χ1n) is 4.97. The Morgan fingerprint density at radius 3 is 2.93 bits per heavy atom. The van der Waals surface area contributed by atoms with Crippen molar-refractivity contribution in [3.05, 3.63) is 11.8 Å². The minimum absolute atomic E-state index is 0.00708. The number of hydrogen-bond acceptors (Lipinski definition) is 4. The van der Waals surface area contributed by atoms with E-state index in [1.54, 1.807) is 6.08 Å². The van der Waals surface area contributed by atoms with E-state index >= 15 is 0 Å². The van der Waals surface area contributed by atoms with E-state index in [1.165, 1.54) is 7.11 Å². The molecule has 0 aliphatic carbocycles. The molecule has 0 aromatic heterocycles. The van der Waals surface area contributed by atoms with Crippen LogP contribution in [0.3, 0.4) is 0 Å². The van der Waals surface area contributed by atoms with Crippen molar-refractivity contribution in [1.82, 2.24) is 4.90 Å². The summed E-state index contributed by atoms with van der Waals surface area (Å²) in [7, 11) is 3.39. The lowest BCUT2D eigenvalue weighted by Crippen LogP contribution is -2.52. The topological polar surface area (TPSA) is 53.3 Å². The number of nitriles is 1. The van der Waals surface area contributed by atoms with Crippen molar-refractivity contribution >= 4 is 5.78 Å². The molecule has 4 nitrogen and oxygen atoms in total. The summed E-state index contributed by atoms with van der Waals surface area (Å²) in [6.45, 7) is 1.88. The van der Waals surface area contributed by atoms with Gasteiger partial charge in [-0.2, -0.15) is 5.26 Å². The van der Waals surface area contributed by atoms with Crippen molar-refractivity contribution < 1.29 is 9.53 Å². The van der Waals surface area contributed by atoms with Crippen LogP contribution in [0.5, 0.6) is 0 Å². The smallest absolute Gasteiger partial charge is 0.216 e. The third-order valence-electron chi connectivity index (χ3n) is 3.68. The summed E-state index contributed by atoms with van der Waals surface area (Å²) in [5, 5.41) is 9.03. The molecule has 0 spiro atoms. The molecule has 2 aliphatic heterocycles. The third-order valence-corrected chi connectivity index (χ3v) is 3.68. The molecule has 0 amide bonds. The van der Waals surface area contributed by atoms with Crippen LogP contribution in [-0.4, -0.2) is 36.4 Å². The molecule has 2 rings (SSSR count). The van der Waals surface area contributed by atoms with Crippen molar-refractivity contribution in [2.24, 2.45) is 5.92 Å². The van der Waals surface area contributed by atoms with Crippen molar-refractivity contribution in [2.45, 2.75) is 24.9 Å². The number of carbonyl (C=O) groups excluding carboxylic acids is 1. The van der Waals surface area contributed by atoms with E-state index in [4.69, 9.17) is 10.00 Å². The average molecular weight is 206 g/mol. The van der Waals surface area contributed by atoms with Crippen LogP contribution in [-0.2, 0) is 9.53 Å². The highest BCUT2D eigenvalue weighted by molar-refractivity contribution is 6.02. The van der Waals surface area contributed by atoms with Gasteiger partial charge in [0.15, 0.2) is 5.76 Å². The highest BCUT2D eigenvalue weighted by Crippen LogP contribution is 2.43. The Bertz CT molecular complexity index is 383. The van der Waals surface area contributed by atoms with Gasteiger partial charge in [-0.05, 0) is 26.5 Å². The second-order valence-corrected chi connectivity index (χ2v) is 4.38. The second-order valence-electron chi connectivity index (χ2n) is 4.38. The molecule has 1 saturated heterocycles. The van der Waals surface area contributed by atoms with Gasteiger partial charge in [0, 0.05) is 6.04 Å². The molecule has 0 aromatic rings. The zero-order chi connectivity index (χ0) is 11.2. The van der Waals surface area contributed by atoms with Gasteiger partial charge in [0.2, 0.25) is 5.78 Å². The van der Waals surface area contributed by atoms with Gasteiger partial charge in [-0.25, -0.2) is 0 Å². The van der Waals surface area contributed by atoms with Crippen molar-refractivity contribution in [2.75, 3.05) is 14.2 Å². The van der Waals surface area contributed by atoms with E-state index in [0.29, 0.717) is 12.2 Å². The lowest BCUT2D eigenvalue weighted by molar-refractivity contribution is -0.128. The van der Waals surface area contributed by atoms with Gasteiger partial charge in [0.1, 0.15) is 0 Å². The van der Waals surface area contributed by atoms with E-state index in [1.807, 2.05) is 18.9 Å². The molecule has 0 aromatic carbocycles. The van der Waals surface area contributed by atoms with Crippen LogP contribution in [0, 0.1) is 17.2 Å². The molecule has 3 atom stereocenters. The van der Waals surface area contributed by atoms with Crippen molar-refractivity contribution in [3.63, 3.8) is 0 Å². The zero-order valence-electron chi connectivity index (χ0n) is 9.15. The maximum absolute atomic E-state index is 12.1. The first kappa shape index (κ1) is 10.2. The van der Waals surface area contributed by atoms with Crippen molar-refractivity contribution in [1.29, 1.82) is 5.26 Å². The van der Waals surface area contributed by atoms with Crippen LogP contribution in [0.15, 0.2) is 11.8 Å². The van der Waals surface area contributed by atoms with E-state index in [-0.39, 0.29) is 17.7 Å². The summed E-state index contributed by atoms with van der Waals surface area (Å²) in [5.74, 6) is 0.274. The number of likely N-dealkylation sites (N-methyl/N-ethyl adjacent to an activating group) is 1. The van der Waals surface area contributed by atoms with Crippen LogP contribution < -0.4 is 0 Å². The third kappa shape index (κ3) is 1.13. The minimum atomic E-state index is -0.564. The second kappa shape index (κ2) is 3.07. The Kier molecular flexibility index (Phi) is 2.09. The predicted molar refractivity (Wildman–Crippen MR) is 53.8 cm³/mol.